The number of carboxylic acids is 1. The van der Waals surface area contributed by atoms with Gasteiger partial charge in [0.2, 0.25) is 0 Å². The number of H-pyrrole nitrogens is 1. The highest BCUT2D eigenvalue weighted by molar-refractivity contribution is 5.92. The zero-order valence-electron chi connectivity index (χ0n) is 19.1. The van der Waals surface area contributed by atoms with E-state index in [2.05, 4.69) is 15.3 Å². The van der Waals surface area contributed by atoms with Crippen LogP contribution >= 0.6 is 0 Å². The molecule has 4 heterocycles. The van der Waals surface area contributed by atoms with Gasteiger partial charge in [-0.25, -0.2) is 18.9 Å². The number of pyridine rings is 1. The summed E-state index contributed by atoms with van der Waals surface area (Å²) in [5.74, 6) is 1.07. The van der Waals surface area contributed by atoms with Gasteiger partial charge >= 0.3 is 5.97 Å². The maximum atomic E-state index is 14.0. The van der Waals surface area contributed by atoms with Crippen molar-refractivity contribution in [3.05, 3.63) is 42.1 Å². The number of carbonyl (C=O) groups is 1. The van der Waals surface area contributed by atoms with E-state index in [0.29, 0.717) is 52.6 Å². The van der Waals surface area contributed by atoms with Crippen molar-refractivity contribution < 1.29 is 19.0 Å². The van der Waals surface area contributed by atoms with E-state index >= 15 is 0 Å². The highest BCUT2D eigenvalue weighted by Crippen LogP contribution is 2.64. The molecule has 8 rings (SSSR count). The van der Waals surface area contributed by atoms with E-state index in [4.69, 9.17) is 14.8 Å². The van der Waals surface area contributed by atoms with E-state index in [1.165, 1.54) is 6.07 Å². The Balaban J connectivity index is 1.37. The van der Waals surface area contributed by atoms with E-state index in [9.17, 15) is 14.3 Å². The van der Waals surface area contributed by atoms with E-state index in [1.807, 2.05) is 12.1 Å². The molecule has 9 nitrogen and oxygen atoms in total. The van der Waals surface area contributed by atoms with Crippen molar-refractivity contribution in [1.82, 2.24) is 24.6 Å². The molecule has 0 radical (unpaired) electrons. The predicted molar refractivity (Wildman–Crippen MR) is 125 cm³/mol. The fraction of sp³-hybridized carbons (Fsp3) is 0.440. The summed E-state index contributed by atoms with van der Waals surface area (Å²) in [7, 11) is 1.62. The lowest BCUT2D eigenvalue weighted by molar-refractivity contribution is -0.148. The van der Waals surface area contributed by atoms with Gasteiger partial charge in [0.1, 0.15) is 17.0 Å². The molecule has 4 saturated carbocycles. The van der Waals surface area contributed by atoms with Crippen molar-refractivity contribution in [3.8, 4) is 11.4 Å². The second kappa shape index (κ2) is 7.48. The van der Waals surface area contributed by atoms with Gasteiger partial charge in [0.05, 0.1) is 24.4 Å². The molecule has 0 aliphatic heterocycles. The average Bonchev–Trinajstić information content (AvgIpc) is 3.43. The fourth-order valence-electron chi connectivity index (χ4n) is 6.84. The van der Waals surface area contributed by atoms with Gasteiger partial charge in [-0.1, -0.05) is 0 Å². The number of nitrogens with one attached hydrogen (secondary N) is 2. The molecule has 4 fully saturated rings. The number of nitrogens with zero attached hydrogens (tertiary/aromatic N) is 4. The van der Waals surface area contributed by atoms with Crippen molar-refractivity contribution in [2.24, 2.45) is 29.6 Å². The van der Waals surface area contributed by atoms with Crippen LogP contribution in [0.3, 0.4) is 0 Å². The van der Waals surface area contributed by atoms with Crippen molar-refractivity contribution in [3.63, 3.8) is 0 Å². The molecule has 2 unspecified atom stereocenters. The summed E-state index contributed by atoms with van der Waals surface area (Å²) in [6.45, 7) is 0.351. The molecule has 0 spiro atoms. The minimum absolute atomic E-state index is 0.190. The summed E-state index contributed by atoms with van der Waals surface area (Å²) >= 11 is 0. The molecule has 0 aromatic carbocycles. The summed E-state index contributed by atoms with van der Waals surface area (Å²) in [6, 6.07) is 5.07. The Morgan fingerprint density at radius 1 is 1.29 bits per heavy atom. The van der Waals surface area contributed by atoms with Gasteiger partial charge in [0.25, 0.3) is 0 Å². The number of aromatic amines is 1. The highest BCUT2D eigenvalue weighted by Gasteiger charge is 2.63. The number of ether oxygens (including phenoxy) is 1. The summed E-state index contributed by atoms with van der Waals surface area (Å²) in [6.07, 6.45) is 6.06. The monoisotopic (exact) mass is 476 g/mol. The van der Waals surface area contributed by atoms with Gasteiger partial charge < -0.3 is 20.1 Å². The zero-order chi connectivity index (χ0) is 23.8. The number of hydrogen-bond donors (Lipinski definition) is 3. The number of aliphatic carboxylic acids is 1. The summed E-state index contributed by atoms with van der Waals surface area (Å²) < 4.78 is 21.1. The van der Waals surface area contributed by atoms with E-state index < -0.39 is 17.7 Å². The molecular weight excluding hydrogens is 451 g/mol. The lowest BCUT2D eigenvalue weighted by Gasteiger charge is -2.46. The van der Waals surface area contributed by atoms with E-state index in [0.717, 1.165) is 36.7 Å². The molecule has 35 heavy (non-hydrogen) atoms. The first-order chi connectivity index (χ1) is 17.0. The quantitative estimate of drug-likeness (QED) is 0.388. The van der Waals surface area contributed by atoms with Crippen LogP contribution in [0, 0.1) is 35.4 Å². The predicted octanol–water partition coefficient (Wildman–Crippen LogP) is 3.72. The van der Waals surface area contributed by atoms with Crippen molar-refractivity contribution >= 4 is 28.3 Å². The number of methoxy groups -OCH3 is 1. The Morgan fingerprint density at radius 2 is 2.11 bits per heavy atom. The van der Waals surface area contributed by atoms with Gasteiger partial charge in [-0.05, 0) is 61.1 Å². The van der Waals surface area contributed by atoms with Crippen LogP contribution in [0.4, 0.5) is 10.2 Å². The van der Waals surface area contributed by atoms with Crippen molar-refractivity contribution in [2.45, 2.75) is 31.9 Å². The smallest absolute Gasteiger partial charge is 0.308 e. The molecule has 4 aromatic heterocycles. The number of rotatable bonds is 6. The third-order valence-electron chi connectivity index (χ3n) is 8.34. The van der Waals surface area contributed by atoms with Crippen molar-refractivity contribution in [2.75, 3.05) is 12.4 Å². The number of anilines is 1. The second-order valence-electron chi connectivity index (χ2n) is 10.1. The summed E-state index contributed by atoms with van der Waals surface area (Å²) in [5.41, 5.74) is 2.75. The minimum atomic E-state index is -0.735. The van der Waals surface area contributed by atoms with Gasteiger partial charge in [-0.15, -0.1) is 5.10 Å². The van der Waals surface area contributed by atoms with Crippen LogP contribution in [-0.2, 0) is 16.1 Å². The van der Waals surface area contributed by atoms with Crippen LogP contribution in [0.25, 0.3) is 27.9 Å². The molecule has 6 atom stereocenters. The minimum Gasteiger partial charge on any atom is -0.481 e. The van der Waals surface area contributed by atoms with Crippen LogP contribution in [0.5, 0.6) is 0 Å². The first-order valence-corrected chi connectivity index (χ1v) is 12.0. The maximum absolute atomic E-state index is 14.0. The topological polar surface area (TPSA) is 117 Å². The molecule has 180 valence electrons. The second-order valence-corrected chi connectivity index (χ2v) is 10.1. The number of hydrogen-bond acceptors (Lipinski definition) is 6. The lowest BCUT2D eigenvalue weighted by Crippen LogP contribution is -2.52. The zero-order valence-corrected chi connectivity index (χ0v) is 19.1. The Labute approximate surface area is 199 Å². The van der Waals surface area contributed by atoms with Crippen LogP contribution in [0.2, 0.25) is 0 Å². The third kappa shape index (κ3) is 3.09. The number of fused-ring (bicyclic) bond motifs is 4. The molecule has 4 aromatic rings. The molecule has 0 saturated heterocycles. The molecule has 10 heteroatoms. The van der Waals surface area contributed by atoms with E-state index in [-0.39, 0.29) is 12.0 Å². The molecule has 0 amide bonds. The maximum Gasteiger partial charge on any atom is 0.308 e. The Morgan fingerprint density at radius 3 is 2.94 bits per heavy atom. The van der Waals surface area contributed by atoms with Gasteiger partial charge in [0, 0.05) is 30.3 Å². The largest absolute Gasteiger partial charge is 0.481 e. The number of aromatic nitrogens is 5. The standard InChI is InChI=1S/C25H25FN6O3/c1-35-10-12-2-5-19-24(29-21-14-4-3-13(15-7-16(14)15)20(21)25(33)34)30-23(31-32(12)19)18-9-28-22-17(18)6-11(26)8-27-22/h2,5-6,8-9,13-16,20-21H,3-4,7,10H2,1H3,(H,27,28)(H,33,34)(H,29,30,31)/t13-,14+,15?,16?,20-,21-/m0/s1. The molecule has 4 aliphatic carbocycles. The molecular formula is C25H25FN6O3. The van der Waals surface area contributed by atoms with Crippen LogP contribution in [0.15, 0.2) is 30.6 Å². The molecule has 4 aliphatic rings. The average molecular weight is 477 g/mol. The van der Waals surface area contributed by atoms with Gasteiger partial charge in [-0.3, -0.25) is 4.79 Å². The lowest BCUT2D eigenvalue weighted by atomic mass is 9.61. The first kappa shape index (κ1) is 20.8. The van der Waals surface area contributed by atoms with Gasteiger partial charge in [-0.2, -0.15) is 0 Å². The molecule has 3 N–H and O–H groups in total. The SMILES string of the molecule is COCc1ccc2c(N[C@@H]3[C@@H](C(=O)O)[C@H]4CC[C@@H]3C3CC34)nc(-c3c[nH]c4ncc(F)cc34)nn12. The Bertz CT molecular complexity index is 1480. The molecule has 2 bridgehead atoms. The first-order valence-electron chi connectivity index (χ1n) is 12.0. The van der Waals surface area contributed by atoms with Crippen molar-refractivity contribution in [1.29, 1.82) is 0 Å². The van der Waals surface area contributed by atoms with Gasteiger partial charge in [0.15, 0.2) is 11.6 Å². The summed E-state index contributed by atoms with van der Waals surface area (Å²) in [4.78, 5) is 24.4. The number of halogens is 1. The highest BCUT2D eigenvalue weighted by atomic mass is 19.1. The summed E-state index contributed by atoms with van der Waals surface area (Å²) in [5, 5.41) is 19.0. The van der Waals surface area contributed by atoms with Crippen LogP contribution < -0.4 is 5.32 Å². The number of carboxylic acid groups (broad SMARTS) is 1. The van der Waals surface area contributed by atoms with Crippen LogP contribution in [0.1, 0.15) is 25.0 Å². The van der Waals surface area contributed by atoms with E-state index in [1.54, 1.807) is 17.8 Å². The normalized spacial score (nSPS) is 29.0. The Hall–Kier alpha value is -3.53. The third-order valence-corrected chi connectivity index (χ3v) is 8.34. The Kier molecular flexibility index (Phi) is 4.45. The van der Waals surface area contributed by atoms with Crippen LogP contribution in [-0.4, -0.2) is 48.8 Å². The fourth-order valence-corrected chi connectivity index (χ4v) is 6.84.